The molecule has 6 atom stereocenters. The van der Waals surface area contributed by atoms with E-state index in [1.54, 1.807) is 0 Å². The lowest BCUT2D eigenvalue weighted by atomic mass is 9.88. The smallest absolute Gasteiger partial charge is 0.333 e. The van der Waals surface area contributed by atoms with Gasteiger partial charge in [-0.25, -0.2) is 4.79 Å². The molecule has 0 aromatic carbocycles. The zero-order chi connectivity index (χ0) is 23.8. The Kier molecular flexibility index (Phi) is 11.2. The van der Waals surface area contributed by atoms with E-state index in [1.165, 1.54) is 7.05 Å². The largest absolute Gasteiger partial charge is 0.481 e. The van der Waals surface area contributed by atoms with Gasteiger partial charge in [-0.05, 0) is 0 Å². The molecule has 1 heterocycles. The van der Waals surface area contributed by atoms with E-state index in [0.29, 0.717) is 0 Å². The number of guanidine groups is 1. The summed E-state index contributed by atoms with van der Waals surface area (Å²) >= 11 is 0. The van der Waals surface area contributed by atoms with Crippen molar-refractivity contribution in [1.29, 1.82) is 5.41 Å². The van der Waals surface area contributed by atoms with E-state index in [4.69, 9.17) is 26.5 Å². The minimum absolute atomic E-state index is 0.335. The summed E-state index contributed by atoms with van der Waals surface area (Å²) in [5.41, 5.74) is 5.23. The third kappa shape index (κ3) is 7.36. The van der Waals surface area contributed by atoms with Crippen molar-refractivity contribution < 1.29 is 55.2 Å². The summed E-state index contributed by atoms with van der Waals surface area (Å²) in [6.45, 7) is -1.65. The molecule has 30 heavy (non-hydrogen) atoms. The van der Waals surface area contributed by atoms with Crippen LogP contribution >= 0.6 is 0 Å². The lowest BCUT2D eigenvalue weighted by molar-refractivity contribution is -0.187. The first-order valence-electron chi connectivity index (χ1n) is 8.54. The maximum absolute atomic E-state index is 12.3. The Morgan fingerprint density at radius 2 is 1.47 bits per heavy atom. The van der Waals surface area contributed by atoms with Crippen molar-refractivity contribution in [2.75, 3.05) is 26.8 Å². The van der Waals surface area contributed by atoms with Crippen LogP contribution in [0.2, 0.25) is 0 Å². The summed E-state index contributed by atoms with van der Waals surface area (Å²) in [4.78, 5) is 33.7. The third-order valence-corrected chi connectivity index (χ3v) is 4.30. The molecule has 1 amide bonds. The van der Waals surface area contributed by atoms with Gasteiger partial charge in [0.1, 0.15) is 18.3 Å². The Bertz CT molecular complexity index is 601. The number of carbonyl (C=O) groups excluding carboxylic acids is 1. The average Bonchev–Trinajstić information content (AvgIpc) is 2.65. The number of aliphatic carboxylic acids is 2. The fourth-order valence-corrected chi connectivity index (χ4v) is 2.62. The van der Waals surface area contributed by atoms with Gasteiger partial charge in [-0.15, -0.1) is 0 Å². The molecular formula is C15H28N4O11. The molecule has 1 fully saturated rings. The Balaban J connectivity index is 0.000000787. The maximum Gasteiger partial charge on any atom is 0.333 e. The summed E-state index contributed by atoms with van der Waals surface area (Å²) in [5.74, 6) is -3.86. The predicted molar refractivity (Wildman–Crippen MR) is 97.1 cm³/mol. The standard InChI is InChI=1S/C11H22N4O6.C4H6O5/c1-14(11(12)13)2-7(18)15-5(3-16)8(19)10(21)9(20)6(15)4-17;5-2(4(8)9)1-3(6)7/h5-6,8-10,16-17,19-21H,2-4H2,1H3,(H3,12,13);2,5H,1H2,(H,6,7)(H,8,9)/t5-,6-,8-,9+,10+;/m1./s1. The molecule has 0 aliphatic carbocycles. The summed E-state index contributed by atoms with van der Waals surface area (Å²) in [6, 6.07) is -2.35. The Hall–Kier alpha value is -2.56. The van der Waals surface area contributed by atoms with Crippen LogP contribution in [0.15, 0.2) is 0 Å². The van der Waals surface area contributed by atoms with Crippen LogP contribution in [0, 0.1) is 5.41 Å². The molecule has 11 N–H and O–H groups in total. The molecule has 0 aromatic rings. The van der Waals surface area contributed by atoms with Crippen molar-refractivity contribution in [3.05, 3.63) is 0 Å². The molecular weight excluding hydrogens is 412 g/mol. The molecule has 1 aliphatic rings. The predicted octanol–water partition coefficient (Wildman–Crippen LogP) is -5.64. The van der Waals surface area contributed by atoms with Gasteiger partial charge in [0.25, 0.3) is 0 Å². The number of hydrogen-bond acceptors (Lipinski definition) is 10. The highest BCUT2D eigenvalue weighted by molar-refractivity contribution is 5.84. The SMILES string of the molecule is CN(CC(=O)N1[C@H](CO)[C@H](O)[C@@H](O)[C@H](O)[C@H]1CO)C(=N)N.O=C(O)CC(O)C(=O)O. The Morgan fingerprint density at radius 3 is 1.73 bits per heavy atom. The van der Waals surface area contributed by atoms with E-state index in [-0.39, 0.29) is 12.5 Å². The maximum atomic E-state index is 12.3. The summed E-state index contributed by atoms with van der Waals surface area (Å²) in [6.07, 6.45) is -7.25. The number of nitrogens with two attached hydrogens (primary N) is 1. The molecule has 1 saturated heterocycles. The number of amides is 1. The normalized spacial score (nSPS) is 26.8. The van der Waals surface area contributed by atoms with Gasteiger partial charge >= 0.3 is 11.9 Å². The van der Waals surface area contributed by atoms with Crippen molar-refractivity contribution in [3.8, 4) is 0 Å². The van der Waals surface area contributed by atoms with Crippen molar-refractivity contribution >= 4 is 23.8 Å². The minimum atomic E-state index is -1.79. The number of rotatable bonds is 7. The minimum Gasteiger partial charge on any atom is -0.481 e. The number of nitrogens with zero attached hydrogens (tertiary/aromatic N) is 2. The number of carbonyl (C=O) groups is 3. The second-order valence-electron chi connectivity index (χ2n) is 6.47. The summed E-state index contributed by atoms with van der Waals surface area (Å²) in [7, 11) is 1.40. The Labute approximate surface area is 170 Å². The summed E-state index contributed by atoms with van der Waals surface area (Å²) in [5, 5.41) is 79.4. The van der Waals surface area contributed by atoms with Gasteiger partial charge in [0.15, 0.2) is 12.1 Å². The first kappa shape index (κ1) is 27.4. The molecule has 0 aromatic heterocycles. The van der Waals surface area contributed by atoms with Gasteiger partial charge < -0.3 is 56.4 Å². The van der Waals surface area contributed by atoms with Crippen LogP contribution in [0.25, 0.3) is 0 Å². The van der Waals surface area contributed by atoms with Gasteiger partial charge in [-0.3, -0.25) is 15.0 Å². The number of aliphatic hydroxyl groups excluding tert-OH is 6. The highest BCUT2D eigenvalue weighted by Crippen LogP contribution is 2.24. The van der Waals surface area contributed by atoms with E-state index >= 15 is 0 Å². The highest BCUT2D eigenvalue weighted by Gasteiger charge is 2.49. The average molecular weight is 440 g/mol. The lowest BCUT2D eigenvalue weighted by Gasteiger charge is -2.48. The van der Waals surface area contributed by atoms with Gasteiger partial charge in [0.2, 0.25) is 5.91 Å². The Morgan fingerprint density at radius 1 is 1.03 bits per heavy atom. The summed E-state index contributed by atoms with van der Waals surface area (Å²) < 4.78 is 0. The number of likely N-dealkylation sites (N-methyl/N-ethyl adjacent to an activating group) is 1. The third-order valence-electron chi connectivity index (χ3n) is 4.30. The van der Waals surface area contributed by atoms with E-state index in [2.05, 4.69) is 0 Å². The molecule has 0 saturated carbocycles. The highest BCUT2D eigenvalue weighted by atomic mass is 16.4. The van der Waals surface area contributed by atoms with Crippen molar-refractivity contribution in [3.63, 3.8) is 0 Å². The zero-order valence-corrected chi connectivity index (χ0v) is 16.1. The molecule has 174 valence electrons. The number of carboxylic acids is 2. The number of piperidine rings is 1. The van der Waals surface area contributed by atoms with Gasteiger partial charge in [0, 0.05) is 7.05 Å². The number of nitrogens with one attached hydrogen (secondary N) is 1. The molecule has 0 spiro atoms. The fraction of sp³-hybridized carbons (Fsp3) is 0.733. The molecule has 15 nitrogen and oxygen atoms in total. The van der Waals surface area contributed by atoms with E-state index in [1.807, 2.05) is 0 Å². The van der Waals surface area contributed by atoms with E-state index in [0.717, 1.165) is 9.80 Å². The first-order valence-corrected chi connectivity index (χ1v) is 8.54. The second-order valence-corrected chi connectivity index (χ2v) is 6.47. The second kappa shape index (κ2) is 12.2. The van der Waals surface area contributed by atoms with Gasteiger partial charge in [0.05, 0.1) is 38.3 Å². The van der Waals surface area contributed by atoms with Crippen LogP contribution < -0.4 is 5.73 Å². The number of aliphatic hydroxyl groups is 6. The van der Waals surface area contributed by atoms with Crippen molar-refractivity contribution in [2.45, 2.75) is 42.9 Å². The van der Waals surface area contributed by atoms with Gasteiger partial charge in [-0.1, -0.05) is 0 Å². The fourth-order valence-electron chi connectivity index (χ4n) is 2.62. The molecule has 1 rings (SSSR count). The van der Waals surface area contributed by atoms with Crippen LogP contribution in [-0.2, 0) is 14.4 Å². The monoisotopic (exact) mass is 440 g/mol. The quantitative estimate of drug-likeness (QED) is 0.131. The van der Waals surface area contributed by atoms with Crippen molar-refractivity contribution in [2.24, 2.45) is 5.73 Å². The number of likely N-dealkylation sites (tertiary alicyclic amines) is 1. The number of carboxylic acid groups (broad SMARTS) is 2. The molecule has 15 heteroatoms. The number of hydrogen-bond donors (Lipinski definition) is 10. The first-order chi connectivity index (χ1) is 13.8. The van der Waals surface area contributed by atoms with Crippen LogP contribution in [-0.4, -0.2) is 138 Å². The van der Waals surface area contributed by atoms with Crippen molar-refractivity contribution in [1.82, 2.24) is 9.80 Å². The van der Waals surface area contributed by atoms with Crippen LogP contribution in [0.3, 0.4) is 0 Å². The van der Waals surface area contributed by atoms with Crippen LogP contribution in [0.5, 0.6) is 0 Å². The van der Waals surface area contributed by atoms with Gasteiger partial charge in [-0.2, -0.15) is 0 Å². The van der Waals surface area contributed by atoms with E-state index < -0.39 is 74.0 Å². The van der Waals surface area contributed by atoms with Crippen LogP contribution in [0.1, 0.15) is 6.42 Å². The van der Waals surface area contributed by atoms with Crippen LogP contribution in [0.4, 0.5) is 0 Å². The molecule has 1 aliphatic heterocycles. The molecule has 0 radical (unpaired) electrons. The molecule has 1 unspecified atom stereocenters. The zero-order valence-electron chi connectivity index (χ0n) is 16.1. The van der Waals surface area contributed by atoms with E-state index in [9.17, 15) is 39.9 Å². The topological polar surface area (TPSA) is 269 Å². The molecule has 0 bridgehead atoms. The lowest BCUT2D eigenvalue weighted by Crippen LogP contribution is -2.70.